The van der Waals surface area contributed by atoms with Crippen molar-refractivity contribution in [1.82, 2.24) is 5.16 Å². The minimum Gasteiger partial charge on any atom is -0.486 e. The fourth-order valence-corrected chi connectivity index (χ4v) is 2.83. The van der Waals surface area contributed by atoms with Gasteiger partial charge in [0.1, 0.15) is 18.9 Å². The molecule has 0 bridgehead atoms. The number of halogens is 1. The van der Waals surface area contributed by atoms with Gasteiger partial charge in [-0.3, -0.25) is 0 Å². The Kier molecular flexibility index (Phi) is 3.59. The molecule has 1 N–H and O–H groups in total. The van der Waals surface area contributed by atoms with Gasteiger partial charge in [0.05, 0.1) is 4.47 Å². The summed E-state index contributed by atoms with van der Waals surface area (Å²) in [6.07, 6.45) is 0.698. The number of hydrogen-bond donors (Lipinski definition) is 1. The topological polar surface area (TPSA) is 81.8 Å². The maximum absolute atomic E-state index is 10.9. The molecule has 0 unspecified atom stereocenters. The molecule has 0 spiro atoms. The molecule has 1 aromatic carbocycles. The zero-order valence-corrected chi connectivity index (χ0v) is 12.8. The van der Waals surface area contributed by atoms with Crippen LogP contribution in [-0.2, 0) is 6.42 Å². The Morgan fingerprint density at radius 3 is 2.67 bits per heavy atom. The third-order valence-electron chi connectivity index (χ3n) is 3.22. The highest BCUT2D eigenvalue weighted by atomic mass is 79.9. The number of aromatic nitrogens is 1. The van der Waals surface area contributed by atoms with Crippen LogP contribution in [0, 0.1) is 0 Å². The highest BCUT2D eigenvalue weighted by Crippen LogP contribution is 2.45. The van der Waals surface area contributed by atoms with Gasteiger partial charge in [-0.15, -0.1) is 0 Å². The van der Waals surface area contributed by atoms with Gasteiger partial charge in [-0.1, -0.05) is 12.1 Å². The molecule has 3 rings (SSSR count). The molecule has 0 saturated carbocycles. The first kappa shape index (κ1) is 13.9. The van der Waals surface area contributed by atoms with Crippen molar-refractivity contribution < 1.29 is 23.9 Å². The molecule has 0 radical (unpaired) electrons. The first-order valence-electron chi connectivity index (χ1n) is 6.43. The monoisotopic (exact) mass is 353 g/mol. The molecule has 0 fully saturated rings. The Morgan fingerprint density at radius 1 is 1.33 bits per heavy atom. The van der Waals surface area contributed by atoms with Crippen molar-refractivity contribution >= 4 is 21.9 Å². The van der Waals surface area contributed by atoms with E-state index in [1.807, 2.05) is 13.0 Å². The molecule has 2 aromatic rings. The molecule has 1 aliphatic rings. The summed E-state index contributed by atoms with van der Waals surface area (Å²) >= 11 is 3.45. The average molecular weight is 354 g/mol. The highest BCUT2D eigenvalue weighted by molar-refractivity contribution is 9.10. The quantitative estimate of drug-likeness (QED) is 0.912. The number of aromatic carboxylic acids is 1. The van der Waals surface area contributed by atoms with Gasteiger partial charge in [0, 0.05) is 17.2 Å². The summed E-state index contributed by atoms with van der Waals surface area (Å²) in [5.74, 6) is -0.00160. The number of carbonyl (C=O) groups is 1. The number of rotatable bonds is 3. The molecule has 6 nitrogen and oxygen atoms in total. The van der Waals surface area contributed by atoms with E-state index in [2.05, 4.69) is 21.1 Å². The van der Waals surface area contributed by atoms with Gasteiger partial charge < -0.3 is 19.1 Å². The van der Waals surface area contributed by atoms with E-state index in [-0.39, 0.29) is 5.76 Å². The predicted octanol–water partition coefficient (Wildman–Crippen LogP) is 3.14. The molecule has 21 heavy (non-hydrogen) atoms. The van der Waals surface area contributed by atoms with E-state index in [1.165, 1.54) is 6.07 Å². The summed E-state index contributed by atoms with van der Waals surface area (Å²) in [7, 11) is 0. The summed E-state index contributed by atoms with van der Waals surface area (Å²) in [6.45, 7) is 2.97. The Balaban J connectivity index is 2.17. The minimum absolute atomic E-state index is 0.196. The summed E-state index contributed by atoms with van der Waals surface area (Å²) < 4.78 is 16.9. The fraction of sp³-hybridized carbons (Fsp3) is 0.286. The highest BCUT2D eigenvalue weighted by Gasteiger charge is 2.24. The lowest BCUT2D eigenvalue weighted by Gasteiger charge is -2.23. The normalized spacial score (nSPS) is 13.2. The maximum Gasteiger partial charge on any atom is 0.374 e. The van der Waals surface area contributed by atoms with Crippen molar-refractivity contribution in [2.45, 2.75) is 13.3 Å². The lowest BCUT2D eigenvalue weighted by Crippen LogP contribution is -2.17. The van der Waals surface area contributed by atoms with E-state index in [0.717, 1.165) is 15.6 Å². The first-order valence-corrected chi connectivity index (χ1v) is 7.22. The lowest BCUT2D eigenvalue weighted by atomic mass is 10.00. The number of nitrogens with zero attached hydrogens (tertiary/aromatic N) is 1. The number of hydrogen-bond acceptors (Lipinski definition) is 5. The first-order chi connectivity index (χ1) is 10.1. The van der Waals surface area contributed by atoms with Crippen molar-refractivity contribution in [3.8, 4) is 22.8 Å². The Morgan fingerprint density at radius 2 is 2.05 bits per heavy atom. The molecule has 0 aliphatic carbocycles. The molecule has 110 valence electrons. The van der Waals surface area contributed by atoms with E-state index < -0.39 is 5.97 Å². The summed E-state index contributed by atoms with van der Waals surface area (Å²) in [5.41, 5.74) is 2.14. The van der Waals surface area contributed by atoms with Crippen molar-refractivity contribution in [3.63, 3.8) is 0 Å². The lowest BCUT2D eigenvalue weighted by molar-refractivity contribution is 0.0652. The second kappa shape index (κ2) is 5.40. The Labute approximate surface area is 128 Å². The maximum atomic E-state index is 10.9. The van der Waals surface area contributed by atoms with E-state index >= 15 is 0 Å². The van der Waals surface area contributed by atoms with Crippen molar-refractivity contribution in [1.29, 1.82) is 0 Å². The van der Waals surface area contributed by atoms with Gasteiger partial charge >= 0.3 is 5.97 Å². The van der Waals surface area contributed by atoms with Crippen molar-refractivity contribution in [2.75, 3.05) is 13.2 Å². The molecular formula is C14H12BrNO5. The van der Waals surface area contributed by atoms with Crippen molar-refractivity contribution in [3.05, 3.63) is 27.9 Å². The van der Waals surface area contributed by atoms with Crippen LogP contribution in [0.3, 0.4) is 0 Å². The molecule has 1 aromatic heterocycles. The van der Waals surface area contributed by atoms with Crippen LogP contribution >= 0.6 is 15.9 Å². The van der Waals surface area contributed by atoms with Crippen LogP contribution in [0.25, 0.3) is 11.3 Å². The zero-order valence-electron chi connectivity index (χ0n) is 11.2. The summed E-state index contributed by atoms with van der Waals surface area (Å²) in [5, 5.41) is 12.8. The molecule has 0 saturated heterocycles. The van der Waals surface area contributed by atoms with E-state index in [4.69, 9.17) is 19.1 Å². The van der Waals surface area contributed by atoms with Gasteiger partial charge in [-0.2, -0.15) is 0 Å². The second-order valence-corrected chi connectivity index (χ2v) is 5.33. The molecule has 0 amide bonds. The Hall–Kier alpha value is -2.02. The van der Waals surface area contributed by atoms with Gasteiger partial charge in [0.25, 0.3) is 0 Å². The fourth-order valence-electron chi connectivity index (χ4n) is 2.30. The smallest absolute Gasteiger partial charge is 0.374 e. The number of carboxylic acid groups (broad SMARTS) is 1. The van der Waals surface area contributed by atoms with Crippen LogP contribution in [0.5, 0.6) is 11.5 Å². The van der Waals surface area contributed by atoms with Crippen LogP contribution < -0.4 is 9.47 Å². The standard InChI is InChI=1S/C14H12BrNO5/c1-2-7-8(10-6-11(14(17)18)21-16-10)5-9(15)13-12(7)19-3-4-20-13/h5-6H,2-4H2,1H3,(H,17,18). The molecule has 1 aliphatic heterocycles. The van der Waals surface area contributed by atoms with Crippen LogP contribution in [0.15, 0.2) is 21.1 Å². The van der Waals surface area contributed by atoms with E-state index in [0.29, 0.717) is 36.8 Å². The van der Waals surface area contributed by atoms with E-state index in [1.54, 1.807) is 0 Å². The predicted molar refractivity (Wildman–Crippen MR) is 77.0 cm³/mol. The summed E-state index contributed by atoms with van der Waals surface area (Å²) in [6, 6.07) is 3.25. The minimum atomic E-state index is -1.15. The van der Waals surface area contributed by atoms with E-state index in [9.17, 15) is 4.79 Å². The zero-order chi connectivity index (χ0) is 15.0. The van der Waals surface area contributed by atoms with Gasteiger partial charge in [0.2, 0.25) is 5.76 Å². The molecule has 0 atom stereocenters. The Bertz CT molecular complexity index is 710. The SMILES string of the molecule is CCc1c(-c2cc(C(=O)O)on2)cc(Br)c2c1OCCO2. The second-order valence-electron chi connectivity index (χ2n) is 4.47. The average Bonchev–Trinajstić information content (AvgIpc) is 2.97. The number of carboxylic acids is 1. The third-order valence-corrected chi connectivity index (χ3v) is 3.81. The third kappa shape index (κ3) is 2.37. The van der Waals surface area contributed by atoms with Gasteiger partial charge in [-0.25, -0.2) is 4.79 Å². The molecule has 7 heteroatoms. The van der Waals surface area contributed by atoms with Crippen LogP contribution in [-0.4, -0.2) is 29.4 Å². The number of fused-ring (bicyclic) bond motifs is 1. The van der Waals surface area contributed by atoms with Crippen molar-refractivity contribution in [2.24, 2.45) is 0 Å². The van der Waals surface area contributed by atoms with Crippen LogP contribution in [0.1, 0.15) is 23.0 Å². The number of benzene rings is 1. The largest absolute Gasteiger partial charge is 0.486 e. The number of ether oxygens (including phenoxy) is 2. The molecular weight excluding hydrogens is 342 g/mol. The van der Waals surface area contributed by atoms with Gasteiger partial charge in [0.15, 0.2) is 11.5 Å². The van der Waals surface area contributed by atoms with Crippen LogP contribution in [0.2, 0.25) is 0 Å². The molecule has 2 heterocycles. The summed E-state index contributed by atoms with van der Waals surface area (Å²) in [4.78, 5) is 10.9. The van der Waals surface area contributed by atoms with Gasteiger partial charge in [-0.05, 0) is 28.4 Å². The van der Waals surface area contributed by atoms with Crippen LogP contribution in [0.4, 0.5) is 0 Å².